The highest BCUT2D eigenvalue weighted by Gasteiger charge is 2.32. The fourth-order valence-electron chi connectivity index (χ4n) is 3.64. The Hall–Kier alpha value is -3.35. The van der Waals surface area contributed by atoms with E-state index >= 15 is 0 Å². The lowest BCUT2D eigenvalue weighted by atomic mass is 10.1. The van der Waals surface area contributed by atoms with Gasteiger partial charge in [0.1, 0.15) is 5.75 Å². The van der Waals surface area contributed by atoms with Crippen LogP contribution in [0.2, 0.25) is 0 Å². The Morgan fingerprint density at radius 1 is 1.06 bits per heavy atom. The fraction of sp³-hybridized carbons (Fsp3) is 0.375. The van der Waals surface area contributed by atoms with Gasteiger partial charge in [-0.05, 0) is 44.0 Å². The molecule has 2 N–H and O–H groups in total. The van der Waals surface area contributed by atoms with Crippen LogP contribution in [0.15, 0.2) is 48.5 Å². The summed E-state index contributed by atoms with van der Waals surface area (Å²) in [6, 6.07) is 14.4. The van der Waals surface area contributed by atoms with E-state index in [1.165, 1.54) is 6.92 Å². The molecular formula is C24H29N3O4. The number of benzene rings is 2. The zero-order chi connectivity index (χ0) is 22.4. The number of ketones is 1. The third-order valence-electron chi connectivity index (χ3n) is 5.40. The summed E-state index contributed by atoms with van der Waals surface area (Å²) in [5, 5.41) is 5.84. The van der Waals surface area contributed by atoms with Crippen molar-refractivity contribution in [3.63, 3.8) is 0 Å². The summed E-state index contributed by atoms with van der Waals surface area (Å²) in [6.07, 6.45) is 0.966. The maximum atomic E-state index is 12.8. The van der Waals surface area contributed by atoms with Gasteiger partial charge in [0.2, 0.25) is 5.91 Å². The molecule has 7 heteroatoms. The Morgan fingerprint density at radius 2 is 1.74 bits per heavy atom. The number of rotatable bonds is 8. The van der Waals surface area contributed by atoms with Crippen LogP contribution < -0.4 is 20.3 Å². The van der Waals surface area contributed by atoms with Crippen LogP contribution in [-0.4, -0.2) is 42.8 Å². The summed E-state index contributed by atoms with van der Waals surface area (Å²) in [5.74, 6) is -0.0128. The average molecular weight is 424 g/mol. The second-order valence-electron chi connectivity index (χ2n) is 7.63. The van der Waals surface area contributed by atoms with Gasteiger partial charge in [0.25, 0.3) is 5.91 Å². The predicted octanol–water partition coefficient (Wildman–Crippen LogP) is 3.40. The molecule has 2 aromatic carbocycles. The quantitative estimate of drug-likeness (QED) is 0.636. The summed E-state index contributed by atoms with van der Waals surface area (Å²) >= 11 is 0. The first-order valence-electron chi connectivity index (χ1n) is 10.6. The first kappa shape index (κ1) is 22.3. The van der Waals surface area contributed by atoms with E-state index < -0.39 is 6.10 Å². The highest BCUT2D eigenvalue weighted by molar-refractivity contribution is 6.04. The number of carbonyl (C=O) groups is 3. The smallest absolute Gasteiger partial charge is 0.263 e. The van der Waals surface area contributed by atoms with E-state index in [9.17, 15) is 14.4 Å². The van der Waals surface area contributed by atoms with Crippen LogP contribution >= 0.6 is 0 Å². The lowest BCUT2D eigenvalue weighted by molar-refractivity contribution is -0.129. The van der Waals surface area contributed by atoms with Gasteiger partial charge in [-0.15, -0.1) is 0 Å². The highest BCUT2D eigenvalue weighted by Crippen LogP contribution is 2.33. The van der Waals surface area contributed by atoms with Crippen molar-refractivity contribution in [3.8, 4) is 5.75 Å². The summed E-state index contributed by atoms with van der Waals surface area (Å²) in [5.41, 5.74) is 1.69. The number of hydrogen-bond acceptors (Lipinski definition) is 5. The Balaban J connectivity index is 1.75. The number of fused-ring (bicyclic) bond motifs is 1. The van der Waals surface area contributed by atoms with Crippen LogP contribution in [0.1, 0.15) is 44.0 Å². The van der Waals surface area contributed by atoms with Crippen molar-refractivity contribution in [1.29, 1.82) is 0 Å². The Kier molecular flexibility index (Phi) is 7.28. The van der Waals surface area contributed by atoms with Crippen molar-refractivity contribution >= 4 is 29.0 Å². The lowest BCUT2D eigenvalue weighted by Gasteiger charge is -2.35. The van der Waals surface area contributed by atoms with Crippen LogP contribution in [0.5, 0.6) is 5.75 Å². The standard InChI is InChI=1S/C24H29N3O4/c1-4-17(5-2)25-24(30)22-14-27(20-12-8-9-13-21(20)31-22)15-23(29)26-19-11-7-6-10-18(19)16(3)28/h6-13,17,22H,4-5,14-15H2,1-3H3,(H,25,30)(H,26,29). The molecule has 3 rings (SSSR count). The second-order valence-corrected chi connectivity index (χ2v) is 7.63. The molecule has 0 radical (unpaired) electrons. The Labute approximate surface area is 182 Å². The molecule has 0 saturated heterocycles. The highest BCUT2D eigenvalue weighted by atomic mass is 16.5. The third-order valence-corrected chi connectivity index (χ3v) is 5.40. The van der Waals surface area contributed by atoms with Gasteiger partial charge < -0.3 is 20.3 Å². The molecule has 164 valence electrons. The molecule has 0 aromatic heterocycles. The predicted molar refractivity (Wildman–Crippen MR) is 121 cm³/mol. The molecule has 1 aliphatic heterocycles. The number of hydrogen-bond donors (Lipinski definition) is 2. The van der Waals surface area contributed by atoms with E-state index in [4.69, 9.17) is 4.74 Å². The lowest BCUT2D eigenvalue weighted by Crippen LogP contribution is -2.52. The van der Waals surface area contributed by atoms with Gasteiger partial charge >= 0.3 is 0 Å². The molecule has 0 bridgehead atoms. The van der Waals surface area contributed by atoms with E-state index in [2.05, 4.69) is 10.6 Å². The monoisotopic (exact) mass is 423 g/mol. The third kappa shape index (κ3) is 5.42. The van der Waals surface area contributed by atoms with E-state index in [-0.39, 0.29) is 36.7 Å². The molecule has 0 fully saturated rings. The minimum Gasteiger partial charge on any atom is -0.477 e. The number of Topliss-reactive ketones (excluding diaryl/α,β-unsaturated/α-hetero) is 1. The maximum Gasteiger partial charge on any atom is 0.263 e. The molecule has 2 amide bonds. The van der Waals surface area contributed by atoms with Gasteiger partial charge in [0.05, 0.1) is 24.5 Å². The van der Waals surface area contributed by atoms with Crippen molar-refractivity contribution < 1.29 is 19.1 Å². The molecule has 1 atom stereocenters. The molecule has 1 aliphatic rings. The van der Waals surface area contributed by atoms with Crippen molar-refractivity contribution in [2.75, 3.05) is 23.3 Å². The van der Waals surface area contributed by atoms with Gasteiger partial charge in [-0.25, -0.2) is 0 Å². The SMILES string of the molecule is CCC(CC)NC(=O)C1CN(CC(=O)Nc2ccccc2C(C)=O)c2ccccc2O1. The first-order chi connectivity index (χ1) is 14.9. The van der Waals surface area contributed by atoms with E-state index in [1.54, 1.807) is 30.3 Å². The van der Waals surface area contributed by atoms with E-state index in [0.29, 0.717) is 17.0 Å². The summed E-state index contributed by atoms with van der Waals surface area (Å²) in [4.78, 5) is 39.3. The van der Waals surface area contributed by atoms with Gasteiger partial charge in [0.15, 0.2) is 11.9 Å². The summed E-state index contributed by atoms with van der Waals surface area (Å²) < 4.78 is 5.93. The van der Waals surface area contributed by atoms with Crippen LogP contribution in [0.4, 0.5) is 11.4 Å². The topological polar surface area (TPSA) is 87.7 Å². The fourth-order valence-corrected chi connectivity index (χ4v) is 3.64. The van der Waals surface area contributed by atoms with Crippen LogP contribution in [0, 0.1) is 0 Å². The molecule has 1 unspecified atom stereocenters. The largest absolute Gasteiger partial charge is 0.477 e. The molecule has 0 saturated carbocycles. The zero-order valence-corrected chi connectivity index (χ0v) is 18.2. The van der Waals surface area contributed by atoms with E-state index in [1.807, 2.05) is 36.9 Å². The maximum absolute atomic E-state index is 12.8. The second kappa shape index (κ2) is 10.1. The van der Waals surface area contributed by atoms with Crippen molar-refractivity contribution in [1.82, 2.24) is 5.32 Å². The number of amides is 2. The normalized spacial score (nSPS) is 15.1. The summed E-state index contributed by atoms with van der Waals surface area (Å²) in [6.45, 7) is 5.81. The van der Waals surface area contributed by atoms with E-state index in [0.717, 1.165) is 18.5 Å². The molecular weight excluding hydrogens is 394 g/mol. The molecule has 7 nitrogen and oxygen atoms in total. The molecule has 0 spiro atoms. The van der Waals surface area contributed by atoms with Crippen molar-refractivity contribution in [2.24, 2.45) is 0 Å². The van der Waals surface area contributed by atoms with Crippen LogP contribution in [-0.2, 0) is 9.59 Å². The summed E-state index contributed by atoms with van der Waals surface area (Å²) in [7, 11) is 0. The molecule has 0 aliphatic carbocycles. The Bertz CT molecular complexity index is 955. The van der Waals surface area contributed by atoms with Gasteiger partial charge in [-0.1, -0.05) is 38.1 Å². The minimum absolute atomic E-state index is 0.0291. The van der Waals surface area contributed by atoms with Crippen LogP contribution in [0.25, 0.3) is 0 Å². The van der Waals surface area contributed by atoms with Crippen LogP contribution in [0.3, 0.4) is 0 Å². The van der Waals surface area contributed by atoms with Crippen molar-refractivity contribution in [2.45, 2.75) is 45.8 Å². The first-order valence-corrected chi connectivity index (χ1v) is 10.6. The number of nitrogens with zero attached hydrogens (tertiary/aromatic N) is 1. The number of carbonyl (C=O) groups excluding carboxylic acids is 3. The number of nitrogens with one attached hydrogen (secondary N) is 2. The molecule has 2 aromatic rings. The number of para-hydroxylation sites is 3. The molecule has 1 heterocycles. The Morgan fingerprint density at radius 3 is 2.45 bits per heavy atom. The minimum atomic E-state index is -0.715. The number of ether oxygens (including phenoxy) is 1. The average Bonchev–Trinajstić information content (AvgIpc) is 2.77. The van der Waals surface area contributed by atoms with Gasteiger partial charge in [-0.3, -0.25) is 14.4 Å². The van der Waals surface area contributed by atoms with Gasteiger partial charge in [-0.2, -0.15) is 0 Å². The molecule has 31 heavy (non-hydrogen) atoms. The van der Waals surface area contributed by atoms with Gasteiger partial charge in [0, 0.05) is 11.6 Å². The zero-order valence-electron chi connectivity index (χ0n) is 18.2. The van der Waals surface area contributed by atoms with Crippen molar-refractivity contribution in [3.05, 3.63) is 54.1 Å². The number of anilines is 2.